The first kappa shape index (κ1) is 18.5. The number of benzene rings is 6. The molecule has 0 bridgehead atoms. The molecule has 0 radical (unpaired) electrons. The predicted octanol–water partition coefficient (Wildman–Crippen LogP) is 9.33. The first-order chi connectivity index (χ1) is 16.2. The molecule has 0 aliphatic carbocycles. The van der Waals surface area contributed by atoms with Gasteiger partial charge in [0.05, 0.1) is 0 Å². The van der Waals surface area contributed by atoms with Crippen LogP contribution in [0.25, 0.3) is 65.4 Å². The summed E-state index contributed by atoms with van der Waals surface area (Å²) in [5.74, 6) is 0. The van der Waals surface area contributed by atoms with Crippen LogP contribution in [0.2, 0.25) is 0 Å². The van der Waals surface area contributed by atoms with Crippen molar-refractivity contribution in [3.63, 3.8) is 0 Å². The summed E-state index contributed by atoms with van der Waals surface area (Å²) < 4.78 is 6.17. The molecular formula is C32H22O. The molecule has 0 unspecified atom stereocenters. The van der Waals surface area contributed by atoms with Crippen molar-refractivity contribution in [3.8, 4) is 11.1 Å². The molecule has 0 aliphatic rings. The zero-order valence-electron chi connectivity index (χ0n) is 18.6. The third-order valence-electron chi connectivity index (χ3n) is 7.02. The highest BCUT2D eigenvalue weighted by molar-refractivity contribution is 6.17. The van der Waals surface area contributed by atoms with Crippen molar-refractivity contribution in [1.29, 1.82) is 0 Å². The second-order valence-corrected chi connectivity index (χ2v) is 9.15. The topological polar surface area (TPSA) is 13.1 Å². The summed E-state index contributed by atoms with van der Waals surface area (Å²) in [5.41, 5.74) is 6.88. The molecule has 156 valence electrons. The van der Waals surface area contributed by atoms with E-state index in [1.165, 1.54) is 65.3 Å². The van der Waals surface area contributed by atoms with Crippen LogP contribution in [0, 0.1) is 13.8 Å². The standard InChI is InChI=1S/C32H22O/c1-19-7-8-21-9-13-25-24-12-10-23(17-22(24)11-14-26(25)29(21)15-19)28-18-32-30(16-20(28)2)27-5-3-4-6-31(27)33-32/h3-18H,1-2H3. The SMILES string of the molecule is Cc1ccc2ccc3c4ccc(-c5cc6oc7ccccc7c6cc5C)cc4ccc3c2c1. The molecule has 1 nitrogen and oxygen atoms in total. The maximum absolute atomic E-state index is 6.17. The maximum Gasteiger partial charge on any atom is 0.136 e. The summed E-state index contributed by atoms with van der Waals surface area (Å²) in [5, 5.41) is 10.1. The second kappa shape index (κ2) is 6.70. The number of aryl methyl sites for hydroxylation is 2. The minimum Gasteiger partial charge on any atom is -0.456 e. The molecule has 0 saturated carbocycles. The van der Waals surface area contributed by atoms with Gasteiger partial charge in [-0.15, -0.1) is 0 Å². The highest BCUT2D eigenvalue weighted by Crippen LogP contribution is 2.37. The number of hydrogen-bond donors (Lipinski definition) is 0. The molecule has 6 aromatic carbocycles. The molecule has 1 aromatic heterocycles. The lowest BCUT2D eigenvalue weighted by atomic mass is 9.93. The Kier molecular flexibility index (Phi) is 3.75. The van der Waals surface area contributed by atoms with Gasteiger partial charge < -0.3 is 4.42 Å². The minimum atomic E-state index is 0.941. The third kappa shape index (κ3) is 2.72. The van der Waals surface area contributed by atoms with Gasteiger partial charge in [0.25, 0.3) is 0 Å². The van der Waals surface area contributed by atoms with Crippen LogP contribution in [0.3, 0.4) is 0 Å². The summed E-state index contributed by atoms with van der Waals surface area (Å²) in [4.78, 5) is 0. The predicted molar refractivity (Wildman–Crippen MR) is 141 cm³/mol. The van der Waals surface area contributed by atoms with E-state index in [1.807, 2.05) is 12.1 Å². The Morgan fingerprint density at radius 2 is 1.24 bits per heavy atom. The van der Waals surface area contributed by atoms with Gasteiger partial charge in [-0.2, -0.15) is 0 Å². The van der Waals surface area contributed by atoms with E-state index >= 15 is 0 Å². The van der Waals surface area contributed by atoms with E-state index in [2.05, 4.69) is 98.8 Å². The Hall–Kier alpha value is -4.10. The number of furan rings is 1. The summed E-state index contributed by atoms with van der Waals surface area (Å²) in [6, 6.07) is 35.3. The van der Waals surface area contributed by atoms with Gasteiger partial charge in [-0.05, 0) is 87.1 Å². The van der Waals surface area contributed by atoms with E-state index in [-0.39, 0.29) is 0 Å². The van der Waals surface area contributed by atoms with Crippen LogP contribution in [0.15, 0.2) is 101 Å². The van der Waals surface area contributed by atoms with Crippen LogP contribution in [0.1, 0.15) is 11.1 Å². The normalized spacial score (nSPS) is 11.9. The molecule has 0 spiro atoms. The maximum atomic E-state index is 6.17. The highest BCUT2D eigenvalue weighted by atomic mass is 16.3. The summed E-state index contributed by atoms with van der Waals surface area (Å²) >= 11 is 0. The van der Waals surface area contributed by atoms with Gasteiger partial charge in [0.1, 0.15) is 11.2 Å². The van der Waals surface area contributed by atoms with Gasteiger partial charge >= 0.3 is 0 Å². The Bertz CT molecular complexity index is 1880. The van der Waals surface area contributed by atoms with E-state index in [9.17, 15) is 0 Å². The van der Waals surface area contributed by atoms with Crippen molar-refractivity contribution in [2.24, 2.45) is 0 Å². The van der Waals surface area contributed by atoms with E-state index in [1.54, 1.807) is 0 Å². The lowest BCUT2D eigenvalue weighted by molar-refractivity contribution is 0.669. The molecule has 0 saturated heterocycles. The molecule has 1 heteroatoms. The van der Waals surface area contributed by atoms with Crippen LogP contribution < -0.4 is 0 Å². The van der Waals surface area contributed by atoms with Gasteiger partial charge in [-0.3, -0.25) is 0 Å². The van der Waals surface area contributed by atoms with E-state index in [4.69, 9.17) is 4.42 Å². The fourth-order valence-electron chi connectivity index (χ4n) is 5.35. The van der Waals surface area contributed by atoms with Crippen LogP contribution >= 0.6 is 0 Å². The fourth-order valence-corrected chi connectivity index (χ4v) is 5.35. The van der Waals surface area contributed by atoms with Crippen LogP contribution in [0.4, 0.5) is 0 Å². The average Bonchev–Trinajstić information content (AvgIpc) is 3.20. The van der Waals surface area contributed by atoms with Gasteiger partial charge in [0.15, 0.2) is 0 Å². The monoisotopic (exact) mass is 422 g/mol. The van der Waals surface area contributed by atoms with Crippen molar-refractivity contribution >= 4 is 54.3 Å². The molecule has 0 fully saturated rings. The Morgan fingerprint density at radius 1 is 0.485 bits per heavy atom. The first-order valence-corrected chi connectivity index (χ1v) is 11.4. The average molecular weight is 423 g/mol. The molecule has 0 amide bonds. The lowest BCUT2D eigenvalue weighted by Gasteiger charge is -2.11. The molecule has 0 aliphatic heterocycles. The molecule has 7 aromatic rings. The number of rotatable bonds is 1. The van der Waals surface area contributed by atoms with Crippen LogP contribution in [0.5, 0.6) is 0 Å². The molecule has 1 heterocycles. The minimum absolute atomic E-state index is 0.941. The summed E-state index contributed by atoms with van der Waals surface area (Å²) in [6.07, 6.45) is 0. The number of fused-ring (bicyclic) bond motifs is 8. The quantitative estimate of drug-likeness (QED) is 0.240. The highest BCUT2D eigenvalue weighted by Gasteiger charge is 2.12. The van der Waals surface area contributed by atoms with Gasteiger partial charge in [0, 0.05) is 10.8 Å². The lowest BCUT2D eigenvalue weighted by Crippen LogP contribution is -1.86. The molecule has 33 heavy (non-hydrogen) atoms. The second-order valence-electron chi connectivity index (χ2n) is 9.15. The molecule has 0 atom stereocenters. The molecular weight excluding hydrogens is 400 g/mol. The van der Waals surface area contributed by atoms with Gasteiger partial charge in [-0.1, -0.05) is 78.4 Å². The zero-order chi connectivity index (χ0) is 22.1. The Balaban J connectivity index is 1.44. The third-order valence-corrected chi connectivity index (χ3v) is 7.02. The molecule has 7 rings (SSSR count). The number of para-hydroxylation sites is 1. The largest absolute Gasteiger partial charge is 0.456 e. The Morgan fingerprint density at radius 3 is 2.15 bits per heavy atom. The molecule has 0 N–H and O–H groups in total. The van der Waals surface area contributed by atoms with Crippen molar-refractivity contribution in [2.45, 2.75) is 13.8 Å². The van der Waals surface area contributed by atoms with Crippen molar-refractivity contribution in [3.05, 3.63) is 108 Å². The fraction of sp³-hybridized carbons (Fsp3) is 0.0625. The van der Waals surface area contributed by atoms with Crippen molar-refractivity contribution < 1.29 is 4.42 Å². The van der Waals surface area contributed by atoms with Gasteiger partial charge in [0.2, 0.25) is 0 Å². The van der Waals surface area contributed by atoms with Crippen LogP contribution in [-0.4, -0.2) is 0 Å². The van der Waals surface area contributed by atoms with Crippen molar-refractivity contribution in [2.75, 3.05) is 0 Å². The van der Waals surface area contributed by atoms with Gasteiger partial charge in [-0.25, -0.2) is 0 Å². The zero-order valence-corrected chi connectivity index (χ0v) is 18.6. The smallest absolute Gasteiger partial charge is 0.136 e. The van der Waals surface area contributed by atoms with Crippen LogP contribution in [-0.2, 0) is 0 Å². The summed E-state index contributed by atoms with van der Waals surface area (Å²) in [6.45, 7) is 4.35. The van der Waals surface area contributed by atoms with Crippen molar-refractivity contribution in [1.82, 2.24) is 0 Å². The van der Waals surface area contributed by atoms with E-state index in [0.717, 1.165) is 11.2 Å². The van der Waals surface area contributed by atoms with E-state index in [0.29, 0.717) is 0 Å². The van der Waals surface area contributed by atoms with E-state index < -0.39 is 0 Å². The first-order valence-electron chi connectivity index (χ1n) is 11.4. The summed E-state index contributed by atoms with van der Waals surface area (Å²) in [7, 11) is 0. The number of hydrogen-bond acceptors (Lipinski definition) is 1. The Labute approximate surface area is 191 Å².